The highest BCUT2D eigenvalue weighted by Crippen LogP contribution is 2.23. The van der Waals surface area contributed by atoms with Crippen LogP contribution in [-0.4, -0.2) is 30.6 Å². The van der Waals surface area contributed by atoms with Crippen LogP contribution in [0.25, 0.3) is 22.0 Å². The highest BCUT2D eigenvalue weighted by atomic mass is 16.2. The molecular weight excluding hydrogens is 328 g/mol. The number of carbonyl (C=O) groups excluding carboxylic acids is 1. The van der Waals surface area contributed by atoms with E-state index >= 15 is 0 Å². The molecule has 3 heterocycles. The number of hydrogen-bond donors (Lipinski definition) is 1. The molecule has 4 aromatic rings. The lowest BCUT2D eigenvalue weighted by Crippen LogP contribution is -2.19. The van der Waals surface area contributed by atoms with E-state index in [0.29, 0.717) is 5.82 Å². The molecule has 0 fully saturated rings. The topological polar surface area (TPSA) is 85.6 Å². The van der Waals surface area contributed by atoms with Gasteiger partial charge in [0.25, 0.3) is 0 Å². The summed E-state index contributed by atoms with van der Waals surface area (Å²) < 4.78 is 1.77. The van der Waals surface area contributed by atoms with Crippen LogP contribution in [0.3, 0.4) is 0 Å². The minimum absolute atomic E-state index is 0.178. The Morgan fingerprint density at radius 2 is 2.04 bits per heavy atom. The van der Waals surface area contributed by atoms with Crippen LogP contribution in [0, 0.1) is 6.92 Å². The second-order valence-corrected chi connectivity index (χ2v) is 5.90. The van der Waals surface area contributed by atoms with Crippen molar-refractivity contribution in [2.75, 3.05) is 5.32 Å². The Bertz CT molecular complexity index is 1070. The lowest BCUT2D eigenvalue weighted by atomic mass is 10.1. The van der Waals surface area contributed by atoms with Gasteiger partial charge in [-0.05, 0) is 36.8 Å². The Balaban J connectivity index is 1.58. The van der Waals surface area contributed by atoms with Gasteiger partial charge in [0.2, 0.25) is 5.91 Å². The fraction of sp³-hybridized carbons (Fsp3) is 0.105. The molecule has 7 nitrogen and oxygen atoms in total. The lowest BCUT2D eigenvalue weighted by Gasteiger charge is -2.07. The van der Waals surface area contributed by atoms with Gasteiger partial charge >= 0.3 is 0 Å². The van der Waals surface area contributed by atoms with Crippen LogP contribution in [-0.2, 0) is 11.3 Å². The molecule has 128 valence electrons. The minimum Gasteiger partial charge on any atom is -0.326 e. The second kappa shape index (κ2) is 6.72. The number of carbonyl (C=O) groups is 1. The van der Waals surface area contributed by atoms with Crippen LogP contribution in [0.1, 0.15) is 5.82 Å². The predicted octanol–water partition coefficient (Wildman–Crippen LogP) is 2.84. The Morgan fingerprint density at radius 3 is 2.81 bits per heavy atom. The van der Waals surface area contributed by atoms with Gasteiger partial charge in [-0.25, -0.2) is 4.98 Å². The summed E-state index contributed by atoms with van der Waals surface area (Å²) in [5.74, 6) is 1.03. The van der Waals surface area contributed by atoms with Crippen molar-refractivity contribution in [3.8, 4) is 11.1 Å². The number of pyridine rings is 1. The zero-order chi connectivity index (χ0) is 17.9. The molecule has 0 unspecified atom stereocenters. The number of nitrogens with zero attached hydrogens (tertiary/aromatic N) is 5. The first-order chi connectivity index (χ1) is 12.7. The maximum absolute atomic E-state index is 12.2. The number of hydrogen-bond acceptors (Lipinski definition) is 5. The number of rotatable bonds is 4. The molecule has 0 saturated carbocycles. The third-order valence-corrected chi connectivity index (χ3v) is 4.09. The largest absolute Gasteiger partial charge is 0.326 e. The first kappa shape index (κ1) is 15.9. The molecule has 7 heteroatoms. The van der Waals surface area contributed by atoms with Crippen molar-refractivity contribution >= 4 is 22.6 Å². The minimum atomic E-state index is -0.178. The third kappa shape index (κ3) is 3.27. The van der Waals surface area contributed by atoms with Crippen LogP contribution in [0.5, 0.6) is 0 Å². The lowest BCUT2D eigenvalue weighted by molar-refractivity contribution is -0.116. The van der Waals surface area contributed by atoms with Crippen molar-refractivity contribution < 1.29 is 4.79 Å². The van der Waals surface area contributed by atoms with E-state index in [1.54, 1.807) is 23.2 Å². The molecule has 1 aromatic carbocycles. The quantitative estimate of drug-likeness (QED) is 0.615. The Morgan fingerprint density at radius 1 is 1.12 bits per heavy atom. The van der Waals surface area contributed by atoms with Gasteiger partial charge in [-0.2, -0.15) is 0 Å². The molecule has 0 bridgehead atoms. The summed E-state index contributed by atoms with van der Waals surface area (Å²) in [5, 5.41) is 11.9. The molecule has 3 aromatic heterocycles. The smallest absolute Gasteiger partial charge is 0.245 e. The number of benzene rings is 1. The van der Waals surface area contributed by atoms with Gasteiger partial charge in [-0.3, -0.25) is 9.78 Å². The van der Waals surface area contributed by atoms with E-state index in [4.69, 9.17) is 0 Å². The molecule has 0 aliphatic rings. The second-order valence-electron chi connectivity index (χ2n) is 5.90. The number of aromatic nitrogens is 5. The summed E-state index contributed by atoms with van der Waals surface area (Å²) in [7, 11) is 0. The third-order valence-electron chi connectivity index (χ3n) is 4.09. The van der Waals surface area contributed by atoms with Crippen LogP contribution >= 0.6 is 0 Å². The maximum Gasteiger partial charge on any atom is 0.245 e. The number of imidazole rings is 1. The first-order valence-electron chi connectivity index (χ1n) is 8.14. The molecular formula is C19H16N6O. The normalized spacial score (nSPS) is 10.8. The summed E-state index contributed by atoms with van der Waals surface area (Å²) in [6, 6.07) is 11.6. The average Bonchev–Trinajstić information content (AvgIpc) is 3.06. The van der Waals surface area contributed by atoms with E-state index in [2.05, 4.69) is 25.5 Å². The van der Waals surface area contributed by atoms with Gasteiger partial charge in [-0.15, -0.1) is 10.2 Å². The fourth-order valence-corrected chi connectivity index (χ4v) is 2.73. The maximum atomic E-state index is 12.2. The van der Waals surface area contributed by atoms with Crippen molar-refractivity contribution in [1.82, 2.24) is 24.7 Å². The highest BCUT2D eigenvalue weighted by molar-refractivity contribution is 5.92. The van der Waals surface area contributed by atoms with Gasteiger partial charge < -0.3 is 9.88 Å². The standard InChI is InChI=1S/C19H16N6O/c1-13-21-7-8-25(13)12-19(26)22-18-10-16-9-14(4-5-17(16)23-24-18)15-3-2-6-20-11-15/h2-11H,12H2,1H3,(H,22,24,26). The van der Waals surface area contributed by atoms with E-state index in [0.717, 1.165) is 27.9 Å². The van der Waals surface area contributed by atoms with E-state index in [9.17, 15) is 4.79 Å². The molecule has 4 rings (SSSR count). The van der Waals surface area contributed by atoms with Crippen molar-refractivity contribution in [3.63, 3.8) is 0 Å². The molecule has 0 radical (unpaired) electrons. The van der Waals surface area contributed by atoms with E-state index in [-0.39, 0.29) is 12.5 Å². The van der Waals surface area contributed by atoms with Crippen LogP contribution in [0.2, 0.25) is 0 Å². The van der Waals surface area contributed by atoms with E-state index in [1.165, 1.54) is 0 Å². The van der Waals surface area contributed by atoms with E-state index < -0.39 is 0 Å². The van der Waals surface area contributed by atoms with Crippen LogP contribution in [0.15, 0.2) is 61.2 Å². The van der Waals surface area contributed by atoms with Crippen molar-refractivity contribution in [3.05, 3.63) is 67.0 Å². The fourth-order valence-electron chi connectivity index (χ4n) is 2.73. The van der Waals surface area contributed by atoms with Crippen molar-refractivity contribution in [2.45, 2.75) is 13.5 Å². The summed E-state index contributed by atoms with van der Waals surface area (Å²) >= 11 is 0. The molecule has 0 aliphatic carbocycles. The summed E-state index contributed by atoms with van der Waals surface area (Å²) in [4.78, 5) is 20.5. The Hall–Kier alpha value is -3.61. The van der Waals surface area contributed by atoms with Gasteiger partial charge in [0, 0.05) is 35.7 Å². The SMILES string of the molecule is Cc1nccn1CC(=O)Nc1cc2cc(-c3cccnc3)ccc2nn1. The van der Waals surface area contributed by atoms with Crippen LogP contribution in [0.4, 0.5) is 5.82 Å². The number of nitrogens with one attached hydrogen (secondary N) is 1. The monoisotopic (exact) mass is 344 g/mol. The molecule has 1 amide bonds. The number of amides is 1. The molecule has 26 heavy (non-hydrogen) atoms. The number of anilines is 1. The average molecular weight is 344 g/mol. The van der Waals surface area contributed by atoms with Gasteiger partial charge in [-0.1, -0.05) is 12.1 Å². The predicted molar refractivity (Wildman–Crippen MR) is 98.4 cm³/mol. The zero-order valence-electron chi connectivity index (χ0n) is 14.1. The molecule has 0 atom stereocenters. The molecule has 0 aliphatic heterocycles. The number of fused-ring (bicyclic) bond motifs is 1. The summed E-state index contributed by atoms with van der Waals surface area (Å²) in [5.41, 5.74) is 2.82. The summed E-state index contributed by atoms with van der Waals surface area (Å²) in [6.07, 6.45) is 6.98. The Kier molecular flexibility index (Phi) is 4.10. The van der Waals surface area contributed by atoms with Crippen molar-refractivity contribution in [2.24, 2.45) is 0 Å². The highest BCUT2D eigenvalue weighted by Gasteiger charge is 2.08. The number of aryl methyl sites for hydroxylation is 1. The van der Waals surface area contributed by atoms with Crippen molar-refractivity contribution in [1.29, 1.82) is 0 Å². The van der Waals surface area contributed by atoms with E-state index in [1.807, 2.05) is 49.5 Å². The molecule has 0 saturated heterocycles. The Labute approximate surface area is 149 Å². The summed E-state index contributed by atoms with van der Waals surface area (Å²) in [6.45, 7) is 2.03. The van der Waals surface area contributed by atoms with Crippen LogP contribution < -0.4 is 5.32 Å². The molecule has 1 N–H and O–H groups in total. The first-order valence-corrected chi connectivity index (χ1v) is 8.14. The van der Waals surface area contributed by atoms with Gasteiger partial charge in [0.05, 0.1) is 5.52 Å². The van der Waals surface area contributed by atoms with Gasteiger partial charge in [0.15, 0.2) is 5.82 Å². The zero-order valence-corrected chi connectivity index (χ0v) is 14.1. The molecule has 0 spiro atoms. The van der Waals surface area contributed by atoms with Gasteiger partial charge in [0.1, 0.15) is 12.4 Å².